The van der Waals surface area contributed by atoms with Gasteiger partial charge in [0.2, 0.25) is 0 Å². The number of amidine groups is 1. The predicted octanol–water partition coefficient (Wildman–Crippen LogP) is 2.54. The summed E-state index contributed by atoms with van der Waals surface area (Å²) in [5, 5.41) is 5.19. The average Bonchev–Trinajstić information content (AvgIpc) is 3.16. The van der Waals surface area contributed by atoms with E-state index in [1.54, 1.807) is 0 Å². The molecule has 1 atom stereocenters. The van der Waals surface area contributed by atoms with E-state index >= 15 is 0 Å². The van der Waals surface area contributed by atoms with Crippen molar-refractivity contribution in [1.29, 1.82) is 0 Å². The Bertz CT molecular complexity index is 417. The number of nitrogens with zero attached hydrogens (tertiary/aromatic N) is 1. The Morgan fingerprint density at radius 1 is 1.28 bits per heavy atom. The summed E-state index contributed by atoms with van der Waals surface area (Å²) in [4.78, 5) is 4.54. The first-order valence-electron chi connectivity index (χ1n) is 6.54. The molecule has 4 heteroatoms. The number of thioether (sulfide) groups is 1. The summed E-state index contributed by atoms with van der Waals surface area (Å²) >= 11 is 1.91. The fourth-order valence-electron chi connectivity index (χ4n) is 2.05. The number of nitrogens with one attached hydrogen (secondary N) is 1. The van der Waals surface area contributed by atoms with Crippen LogP contribution < -0.4 is 10.1 Å². The molecule has 1 N–H and O–H groups in total. The number of benzene rings is 1. The highest BCUT2D eigenvalue weighted by Crippen LogP contribution is 2.41. The lowest BCUT2D eigenvalue weighted by atomic mass is 10.3. The molecule has 96 valence electrons. The third-order valence-electron chi connectivity index (χ3n) is 3.22. The van der Waals surface area contributed by atoms with Crippen molar-refractivity contribution in [3.05, 3.63) is 30.3 Å². The van der Waals surface area contributed by atoms with Crippen molar-refractivity contribution >= 4 is 16.9 Å². The van der Waals surface area contributed by atoms with Crippen molar-refractivity contribution < 1.29 is 4.74 Å². The molecule has 1 heterocycles. The molecule has 0 saturated heterocycles. The van der Waals surface area contributed by atoms with Gasteiger partial charge in [0.15, 0.2) is 5.17 Å². The number of aliphatic imine (C=N–C) groups is 1. The fraction of sp³-hybridized carbons (Fsp3) is 0.500. The van der Waals surface area contributed by atoms with E-state index in [1.165, 1.54) is 12.8 Å². The van der Waals surface area contributed by atoms with E-state index in [0.717, 1.165) is 35.2 Å². The molecular formula is C14H18N2OS. The van der Waals surface area contributed by atoms with E-state index in [4.69, 9.17) is 4.74 Å². The zero-order valence-corrected chi connectivity index (χ0v) is 11.2. The molecule has 1 aliphatic heterocycles. The van der Waals surface area contributed by atoms with Crippen LogP contribution in [-0.4, -0.2) is 30.1 Å². The molecule has 0 aromatic heterocycles. The second kappa shape index (κ2) is 5.65. The SMILES string of the molecule is c1ccc(OCCNC2=NCC(C3CC3)S2)cc1. The Hall–Kier alpha value is -1.16. The minimum atomic E-state index is 0.678. The Balaban J connectivity index is 1.33. The maximum absolute atomic E-state index is 5.63. The third kappa shape index (κ3) is 3.19. The first-order chi connectivity index (χ1) is 8.92. The lowest BCUT2D eigenvalue weighted by Crippen LogP contribution is -2.25. The molecule has 0 spiro atoms. The van der Waals surface area contributed by atoms with Gasteiger partial charge in [-0.2, -0.15) is 0 Å². The van der Waals surface area contributed by atoms with Crippen LogP contribution in [-0.2, 0) is 0 Å². The van der Waals surface area contributed by atoms with E-state index < -0.39 is 0 Å². The Kier molecular flexibility index (Phi) is 3.74. The van der Waals surface area contributed by atoms with Crippen LogP contribution in [0.3, 0.4) is 0 Å². The molecule has 1 aromatic carbocycles. The Morgan fingerprint density at radius 3 is 2.89 bits per heavy atom. The maximum atomic E-state index is 5.63. The van der Waals surface area contributed by atoms with Crippen molar-refractivity contribution in [1.82, 2.24) is 5.32 Å². The Labute approximate surface area is 112 Å². The standard InChI is InChI=1S/C14H18N2OS/c1-2-4-12(5-3-1)17-9-8-15-14-16-10-13(18-14)11-6-7-11/h1-5,11,13H,6-10H2,(H,15,16). The zero-order valence-electron chi connectivity index (χ0n) is 10.3. The fourth-order valence-corrected chi connectivity index (χ4v) is 3.28. The summed E-state index contributed by atoms with van der Waals surface area (Å²) in [5.74, 6) is 1.86. The van der Waals surface area contributed by atoms with Crippen LogP contribution in [0.4, 0.5) is 0 Å². The highest BCUT2D eigenvalue weighted by atomic mass is 32.2. The van der Waals surface area contributed by atoms with Gasteiger partial charge in [0, 0.05) is 5.25 Å². The van der Waals surface area contributed by atoms with Crippen molar-refractivity contribution in [3.63, 3.8) is 0 Å². The predicted molar refractivity (Wildman–Crippen MR) is 76.3 cm³/mol. The molecule has 1 aromatic rings. The summed E-state index contributed by atoms with van der Waals surface area (Å²) < 4.78 is 5.63. The van der Waals surface area contributed by atoms with Crippen molar-refractivity contribution in [2.24, 2.45) is 10.9 Å². The van der Waals surface area contributed by atoms with Crippen molar-refractivity contribution in [2.75, 3.05) is 19.7 Å². The van der Waals surface area contributed by atoms with Crippen LogP contribution in [0.2, 0.25) is 0 Å². The summed E-state index contributed by atoms with van der Waals surface area (Å²) in [6, 6.07) is 9.92. The monoisotopic (exact) mass is 262 g/mol. The third-order valence-corrected chi connectivity index (χ3v) is 4.55. The second-order valence-electron chi connectivity index (χ2n) is 4.73. The lowest BCUT2D eigenvalue weighted by Gasteiger charge is -2.09. The molecule has 18 heavy (non-hydrogen) atoms. The van der Waals surface area contributed by atoms with Crippen LogP contribution in [0, 0.1) is 5.92 Å². The molecule has 1 saturated carbocycles. The van der Waals surface area contributed by atoms with Crippen LogP contribution in [0.1, 0.15) is 12.8 Å². The summed E-state index contributed by atoms with van der Waals surface area (Å²) in [6.45, 7) is 2.49. The molecule has 1 aliphatic carbocycles. The second-order valence-corrected chi connectivity index (χ2v) is 5.96. The van der Waals surface area contributed by atoms with Gasteiger partial charge in [0.05, 0.1) is 13.1 Å². The minimum absolute atomic E-state index is 0.678. The largest absolute Gasteiger partial charge is 0.492 e. The zero-order chi connectivity index (χ0) is 12.2. The van der Waals surface area contributed by atoms with Gasteiger partial charge in [-0.15, -0.1) is 0 Å². The molecule has 2 aliphatic rings. The van der Waals surface area contributed by atoms with E-state index in [1.807, 2.05) is 42.1 Å². The van der Waals surface area contributed by atoms with E-state index in [-0.39, 0.29) is 0 Å². The molecule has 1 unspecified atom stereocenters. The number of hydrogen-bond acceptors (Lipinski definition) is 4. The van der Waals surface area contributed by atoms with Crippen LogP contribution in [0.5, 0.6) is 5.75 Å². The lowest BCUT2D eigenvalue weighted by molar-refractivity contribution is 0.323. The van der Waals surface area contributed by atoms with Gasteiger partial charge in [-0.3, -0.25) is 4.99 Å². The topological polar surface area (TPSA) is 33.6 Å². The highest BCUT2D eigenvalue weighted by molar-refractivity contribution is 8.14. The van der Waals surface area contributed by atoms with E-state index in [2.05, 4.69) is 10.3 Å². The molecule has 0 amide bonds. The van der Waals surface area contributed by atoms with Crippen molar-refractivity contribution in [2.45, 2.75) is 18.1 Å². The van der Waals surface area contributed by atoms with E-state index in [9.17, 15) is 0 Å². The molecule has 1 fully saturated rings. The van der Waals surface area contributed by atoms with Crippen LogP contribution in [0.15, 0.2) is 35.3 Å². The average molecular weight is 262 g/mol. The number of hydrogen-bond donors (Lipinski definition) is 1. The summed E-state index contributed by atoms with van der Waals surface area (Å²) in [7, 11) is 0. The first-order valence-corrected chi connectivity index (χ1v) is 7.42. The smallest absolute Gasteiger partial charge is 0.157 e. The quantitative estimate of drug-likeness (QED) is 0.828. The molecule has 0 bridgehead atoms. The summed E-state index contributed by atoms with van der Waals surface area (Å²) in [5.41, 5.74) is 0. The normalized spacial score (nSPS) is 22.7. The number of ether oxygens (including phenoxy) is 1. The number of para-hydroxylation sites is 1. The van der Waals surface area contributed by atoms with Gasteiger partial charge in [-0.05, 0) is 30.9 Å². The molecule has 3 rings (SSSR count). The van der Waals surface area contributed by atoms with Crippen LogP contribution >= 0.6 is 11.8 Å². The van der Waals surface area contributed by atoms with Crippen LogP contribution in [0.25, 0.3) is 0 Å². The van der Waals surface area contributed by atoms with Gasteiger partial charge < -0.3 is 10.1 Å². The highest BCUT2D eigenvalue weighted by Gasteiger charge is 2.35. The van der Waals surface area contributed by atoms with Gasteiger partial charge in [-0.1, -0.05) is 30.0 Å². The molecule has 0 radical (unpaired) electrons. The summed E-state index contributed by atoms with van der Waals surface area (Å²) in [6.07, 6.45) is 2.80. The van der Waals surface area contributed by atoms with Gasteiger partial charge in [0.25, 0.3) is 0 Å². The van der Waals surface area contributed by atoms with Gasteiger partial charge in [-0.25, -0.2) is 0 Å². The maximum Gasteiger partial charge on any atom is 0.157 e. The van der Waals surface area contributed by atoms with Crippen molar-refractivity contribution in [3.8, 4) is 5.75 Å². The van der Waals surface area contributed by atoms with E-state index in [0.29, 0.717) is 6.61 Å². The van der Waals surface area contributed by atoms with Gasteiger partial charge >= 0.3 is 0 Å². The Morgan fingerprint density at radius 2 is 2.11 bits per heavy atom. The first kappa shape index (κ1) is 11.9. The number of rotatable bonds is 5. The molecule has 3 nitrogen and oxygen atoms in total. The van der Waals surface area contributed by atoms with Gasteiger partial charge in [0.1, 0.15) is 12.4 Å². The minimum Gasteiger partial charge on any atom is -0.492 e. The molecular weight excluding hydrogens is 244 g/mol.